The van der Waals surface area contributed by atoms with Crippen molar-refractivity contribution in [2.24, 2.45) is 5.10 Å². The van der Waals surface area contributed by atoms with Crippen molar-refractivity contribution < 1.29 is 4.74 Å². The highest BCUT2D eigenvalue weighted by molar-refractivity contribution is 6.00. The topological polar surface area (TPSA) is 76.7 Å². The van der Waals surface area contributed by atoms with Gasteiger partial charge in [-0.1, -0.05) is 56.2 Å². The van der Waals surface area contributed by atoms with Crippen molar-refractivity contribution in [1.29, 1.82) is 0 Å². The van der Waals surface area contributed by atoms with Gasteiger partial charge in [-0.05, 0) is 18.6 Å². The third-order valence-corrected chi connectivity index (χ3v) is 4.46. The van der Waals surface area contributed by atoms with Gasteiger partial charge in [0.2, 0.25) is 0 Å². The molecule has 0 spiro atoms. The van der Waals surface area contributed by atoms with Gasteiger partial charge in [0.25, 0.3) is 0 Å². The Labute approximate surface area is 163 Å². The number of hydrogen-bond donors (Lipinski definition) is 1. The molecule has 0 fully saturated rings. The molecule has 4 aromatic rings. The Bertz CT molecular complexity index is 1100. The van der Waals surface area contributed by atoms with E-state index >= 15 is 0 Å². The Kier molecular flexibility index (Phi) is 5.42. The summed E-state index contributed by atoms with van der Waals surface area (Å²) in [6.45, 7) is 2.89. The summed E-state index contributed by atoms with van der Waals surface area (Å²) in [5, 5.41) is 18.9. The number of para-hydroxylation sites is 1. The van der Waals surface area contributed by atoms with Crippen molar-refractivity contribution in [3.63, 3.8) is 0 Å². The number of benzene rings is 2. The Morgan fingerprint density at radius 1 is 1.07 bits per heavy atom. The van der Waals surface area contributed by atoms with E-state index in [4.69, 9.17) is 4.74 Å². The summed E-state index contributed by atoms with van der Waals surface area (Å²) in [5.41, 5.74) is 4.68. The van der Waals surface area contributed by atoms with Gasteiger partial charge >= 0.3 is 0 Å². The van der Waals surface area contributed by atoms with Crippen LogP contribution in [0.5, 0.6) is 5.75 Å². The van der Waals surface area contributed by atoms with E-state index in [1.807, 2.05) is 48.5 Å². The van der Waals surface area contributed by atoms with E-state index in [1.54, 1.807) is 17.1 Å². The van der Waals surface area contributed by atoms with Crippen LogP contribution in [0.3, 0.4) is 0 Å². The number of unbranched alkanes of at least 4 members (excludes halogenated alkanes) is 2. The second-order valence-corrected chi connectivity index (χ2v) is 6.46. The van der Waals surface area contributed by atoms with Crippen LogP contribution in [0.25, 0.3) is 16.4 Å². The van der Waals surface area contributed by atoms with E-state index in [2.05, 4.69) is 32.7 Å². The van der Waals surface area contributed by atoms with Crippen LogP contribution in [0, 0.1) is 0 Å². The number of rotatable bonds is 8. The molecule has 7 heteroatoms. The highest BCUT2D eigenvalue weighted by atomic mass is 16.5. The third-order valence-electron chi connectivity index (χ3n) is 4.46. The van der Waals surface area contributed by atoms with Gasteiger partial charge in [-0.3, -0.25) is 5.43 Å². The largest absolute Gasteiger partial charge is 0.493 e. The van der Waals surface area contributed by atoms with Crippen molar-refractivity contribution in [1.82, 2.24) is 19.8 Å². The Balaban J connectivity index is 1.55. The van der Waals surface area contributed by atoms with Crippen molar-refractivity contribution in [2.45, 2.75) is 26.2 Å². The molecule has 2 aromatic heterocycles. The van der Waals surface area contributed by atoms with Gasteiger partial charge in [-0.15, -0.1) is 15.3 Å². The van der Waals surface area contributed by atoms with Gasteiger partial charge in [0.1, 0.15) is 12.1 Å². The second kappa shape index (κ2) is 8.47. The first kappa shape index (κ1) is 17.9. The zero-order valence-corrected chi connectivity index (χ0v) is 15.7. The number of hydrogen-bond acceptors (Lipinski definition) is 6. The lowest BCUT2D eigenvalue weighted by molar-refractivity contribution is 0.306. The summed E-state index contributed by atoms with van der Waals surface area (Å²) in [4.78, 5) is 0. The zero-order chi connectivity index (χ0) is 19.2. The van der Waals surface area contributed by atoms with Gasteiger partial charge in [-0.25, -0.2) is 0 Å². The molecule has 0 aliphatic carbocycles. The maximum Gasteiger partial charge on any atom is 0.185 e. The molecule has 0 bridgehead atoms. The Hall–Kier alpha value is -3.48. The number of hydrazone groups is 1. The molecule has 0 atom stereocenters. The molecule has 0 saturated carbocycles. The van der Waals surface area contributed by atoms with Crippen molar-refractivity contribution in [3.8, 4) is 5.75 Å². The zero-order valence-electron chi connectivity index (χ0n) is 15.7. The van der Waals surface area contributed by atoms with Crippen molar-refractivity contribution in [3.05, 3.63) is 60.4 Å². The van der Waals surface area contributed by atoms with E-state index < -0.39 is 0 Å². The highest BCUT2D eigenvalue weighted by Gasteiger charge is 2.09. The molecule has 0 aliphatic heterocycles. The number of aromatic nitrogens is 4. The van der Waals surface area contributed by atoms with E-state index in [0.29, 0.717) is 12.4 Å². The monoisotopic (exact) mass is 374 g/mol. The Morgan fingerprint density at radius 3 is 2.79 bits per heavy atom. The number of ether oxygens (including phenoxy) is 1. The number of anilines is 1. The summed E-state index contributed by atoms with van der Waals surface area (Å²) in [7, 11) is 0. The van der Waals surface area contributed by atoms with E-state index in [9.17, 15) is 0 Å². The minimum Gasteiger partial charge on any atom is -0.493 e. The minimum atomic E-state index is 0.639. The maximum atomic E-state index is 5.90. The van der Waals surface area contributed by atoms with Crippen LogP contribution in [-0.4, -0.2) is 32.6 Å². The average Bonchev–Trinajstić information content (AvgIpc) is 3.21. The van der Waals surface area contributed by atoms with Gasteiger partial charge in [0.15, 0.2) is 11.5 Å². The lowest BCUT2D eigenvalue weighted by atomic mass is 10.2. The molecule has 0 radical (unpaired) electrons. The molecule has 0 saturated heterocycles. The molecule has 0 aliphatic rings. The fourth-order valence-corrected chi connectivity index (χ4v) is 3.02. The average molecular weight is 374 g/mol. The molecule has 28 heavy (non-hydrogen) atoms. The molecule has 4 rings (SSSR count). The maximum absolute atomic E-state index is 5.90. The molecular weight excluding hydrogens is 352 g/mol. The van der Waals surface area contributed by atoms with E-state index in [0.717, 1.165) is 34.2 Å². The van der Waals surface area contributed by atoms with Crippen LogP contribution in [-0.2, 0) is 0 Å². The van der Waals surface area contributed by atoms with Crippen molar-refractivity contribution in [2.75, 3.05) is 12.0 Å². The van der Waals surface area contributed by atoms with Crippen LogP contribution in [0.1, 0.15) is 31.7 Å². The molecule has 2 aromatic carbocycles. The predicted octanol–water partition coefficient (Wildman–Crippen LogP) is 4.29. The van der Waals surface area contributed by atoms with Crippen LogP contribution in [0.4, 0.5) is 5.82 Å². The molecule has 7 nitrogen and oxygen atoms in total. The molecule has 1 N–H and O–H groups in total. The summed E-state index contributed by atoms with van der Waals surface area (Å²) < 4.78 is 7.55. The minimum absolute atomic E-state index is 0.639. The summed E-state index contributed by atoms with van der Waals surface area (Å²) in [6, 6.07) is 15.8. The Morgan fingerprint density at radius 2 is 1.89 bits per heavy atom. The lowest BCUT2D eigenvalue weighted by Crippen LogP contribution is -2.02. The van der Waals surface area contributed by atoms with Crippen LogP contribution in [0.15, 0.2) is 60.0 Å². The first-order chi connectivity index (χ1) is 13.9. The van der Waals surface area contributed by atoms with Crippen LogP contribution >= 0.6 is 0 Å². The highest BCUT2D eigenvalue weighted by Crippen LogP contribution is 2.24. The van der Waals surface area contributed by atoms with Gasteiger partial charge < -0.3 is 4.74 Å². The summed E-state index contributed by atoms with van der Waals surface area (Å²) in [6.07, 6.45) is 6.73. The number of nitrogens with zero attached hydrogens (tertiary/aromatic N) is 5. The predicted molar refractivity (Wildman–Crippen MR) is 111 cm³/mol. The molecule has 0 unspecified atom stereocenters. The second-order valence-electron chi connectivity index (χ2n) is 6.46. The van der Waals surface area contributed by atoms with E-state index in [1.165, 1.54) is 12.8 Å². The van der Waals surface area contributed by atoms with Gasteiger partial charge in [0, 0.05) is 16.3 Å². The van der Waals surface area contributed by atoms with Crippen molar-refractivity contribution >= 4 is 28.5 Å². The summed E-state index contributed by atoms with van der Waals surface area (Å²) in [5.74, 6) is 1.47. The first-order valence-electron chi connectivity index (χ1n) is 9.46. The van der Waals surface area contributed by atoms with Crippen LogP contribution in [0.2, 0.25) is 0 Å². The van der Waals surface area contributed by atoms with E-state index in [-0.39, 0.29) is 0 Å². The molecular formula is C21H22N6O. The normalized spacial score (nSPS) is 11.5. The fourth-order valence-electron chi connectivity index (χ4n) is 3.02. The SMILES string of the molecule is CCCCCOc1ccccc1/C=N/Nc1nn2cnnc2c2ccccc12. The smallest absolute Gasteiger partial charge is 0.185 e. The van der Waals surface area contributed by atoms with Gasteiger partial charge in [-0.2, -0.15) is 9.62 Å². The summed E-state index contributed by atoms with van der Waals surface area (Å²) >= 11 is 0. The standard InChI is InChI=1S/C21H22N6O/c1-2-3-8-13-28-19-12-7-4-9-16(19)14-22-24-20-17-10-5-6-11-18(17)21-25-23-15-27(21)26-20/h4-7,9-12,14-15H,2-3,8,13H2,1H3,(H,24,26)/b22-14+. The molecule has 2 heterocycles. The molecule has 0 amide bonds. The van der Waals surface area contributed by atoms with Crippen LogP contribution < -0.4 is 10.2 Å². The molecule has 142 valence electrons. The quantitative estimate of drug-likeness (QED) is 0.283. The first-order valence-corrected chi connectivity index (χ1v) is 9.46. The fraction of sp³-hybridized carbons (Fsp3) is 0.238. The third kappa shape index (κ3) is 3.78. The number of fused-ring (bicyclic) bond motifs is 3. The lowest BCUT2D eigenvalue weighted by Gasteiger charge is -2.09. The van der Waals surface area contributed by atoms with Gasteiger partial charge in [0.05, 0.1) is 12.8 Å². The number of nitrogens with one attached hydrogen (secondary N) is 1.